The fourth-order valence-corrected chi connectivity index (χ4v) is 3.78. The topological polar surface area (TPSA) is 33.6 Å². The largest absolute Gasteiger partial charge is 0.339 e. The maximum atomic E-state index is 4.91. The molecule has 0 radical (unpaired) electrons. The van der Waals surface area contributed by atoms with E-state index in [-0.39, 0.29) is 0 Å². The van der Waals surface area contributed by atoms with Crippen LogP contribution in [-0.2, 0) is 0 Å². The van der Waals surface area contributed by atoms with Crippen LogP contribution in [0.1, 0.15) is 0 Å². The summed E-state index contributed by atoms with van der Waals surface area (Å²) >= 11 is 1.72. The highest BCUT2D eigenvalue weighted by Crippen LogP contribution is 2.36. The first-order valence-corrected chi connectivity index (χ1v) is 8.38. The first kappa shape index (κ1) is 12.7. The van der Waals surface area contributed by atoms with Crippen molar-refractivity contribution in [2.24, 2.45) is 0 Å². The van der Waals surface area contributed by atoms with Gasteiger partial charge in [0.15, 0.2) is 0 Å². The van der Waals surface area contributed by atoms with E-state index in [2.05, 4.69) is 58.9 Å². The van der Waals surface area contributed by atoms with Crippen molar-refractivity contribution < 1.29 is 0 Å². The van der Waals surface area contributed by atoms with Crippen LogP contribution in [0.3, 0.4) is 0 Å². The van der Waals surface area contributed by atoms with Gasteiger partial charge in [-0.05, 0) is 29.6 Å². The lowest BCUT2D eigenvalue weighted by Gasteiger charge is -2.01. The molecule has 3 nitrogen and oxygen atoms in total. The van der Waals surface area contributed by atoms with E-state index in [9.17, 15) is 0 Å². The molecule has 23 heavy (non-hydrogen) atoms. The van der Waals surface area contributed by atoms with Gasteiger partial charge < -0.3 is 4.98 Å². The molecule has 110 valence electrons. The highest BCUT2D eigenvalue weighted by Gasteiger charge is 2.18. The van der Waals surface area contributed by atoms with Crippen LogP contribution in [-0.4, -0.2) is 14.8 Å². The first-order valence-electron chi connectivity index (χ1n) is 7.50. The van der Waals surface area contributed by atoms with Crippen molar-refractivity contribution in [3.8, 4) is 16.3 Å². The zero-order valence-electron chi connectivity index (χ0n) is 12.2. The van der Waals surface area contributed by atoms with E-state index in [4.69, 9.17) is 5.10 Å². The molecule has 0 amide bonds. The molecule has 0 fully saturated rings. The van der Waals surface area contributed by atoms with E-state index >= 15 is 0 Å². The molecule has 5 aromatic rings. The van der Waals surface area contributed by atoms with Gasteiger partial charge >= 0.3 is 0 Å². The lowest BCUT2D eigenvalue weighted by Crippen LogP contribution is -1.96. The second kappa shape index (κ2) is 4.83. The molecule has 0 bridgehead atoms. The van der Waals surface area contributed by atoms with Gasteiger partial charge in [-0.3, -0.25) is 0 Å². The van der Waals surface area contributed by atoms with Gasteiger partial charge in [0.05, 0.1) is 16.0 Å². The van der Waals surface area contributed by atoms with E-state index in [1.54, 1.807) is 11.3 Å². The molecule has 0 saturated carbocycles. The van der Waals surface area contributed by atoms with Crippen LogP contribution < -0.4 is 0 Å². The number of para-hydroxylation sites is 2. The summed E-state index contributed by atoms with van der Waals surface area (Å²) in [6.45, 7) is 0. The van der Waals surface area contributed by atoms with Crippen molar-refractivity contribution >= 4 is 33.3 Å². The second-order valence-corrected chi connectivity index (χ2v) is 6.42. The third kappa shape index (κ3) is 1.85. The van der Waals surface area contributed by atoms with E-state index in [0.717, 1.165) is 22.5 Å². The number of nitrogens with zero attached hydrogens (tertiary/aromatic N) is 2. The standard InChI is InChI=1S/C19H13N3S/c1-2-7-13(8-3-1)22-19-17(14-9-4-5-10-15(14)20-19)18(21-22)16-11-6-12-23-16/h1-12,20H. The molecule has 3 aromatic heterocycles. The zero-order valence-corrected chi connectivity index (χ0v) is 13.0. The van der Waals surface area contributed by atoms with Crippen LogP contribution in [0.2, 0.25) is 0 Å². The normalized spacial score (nSPS) is 11.5. The Morgan fingerprint density at radius 3 is 2.52 bits per heavy atom. The van der Waals surface area contributed by atoms with Gasteiger partial charge in [0.2, 0.25) is 0 Å². The average molecular weight is 315 g/mol. The number of fused-ring (bicyclic) bond motifs is 3. The first-order chi connectivity index (χ1) is 11.4. The number of thiophene rings is 1. The Hall–Kier alpha value is -2.85. The summed E-state index contributed by atoms with van der Waals surface area (Å²) in [5, 5.41) is 9.41. The lowest BCUT2D eigenvalue weighted by molar-refractivity contribution is 0.904. The van der Waals surface area contributed by atoms with E-state index < -0.39 is 0 Å². The second-order valence-electron chi connectivity index (χ2n) is 5.47. The maximum absolute atomic E-state index is 4.91. The summed E-state index contributed by atoms with van der Waals surface area (Å²) < 4.78 is 2.00. The Labute approximate surface area is 136 Å². The number of rotatable bonds is 2. The average Bonchev–Trinajstić information content (AvgIpc) is 3.31. The number of aromatic amines is 1. The third-order valence-electron chi connectivity index (χ3n) is 4.09. The number of benzene rings is 2. The van der Waals surface area contributed by atoms with Crippen LogP contribution in [0.4, 0.5) is 0 Å². The van der Waals surface area contributed by atoms with Crippen molar-refractivity contribution in [3.63, 3.8) is 0 Å². The molecule has 0 saturated heterocycles. The molecule has 5 rings (SSSR count). The molecule has 0 unspecified atom stereocenters. The maximum Gasteiger partial charge on any atom is 0.142 e. The Bertz CT molecular complexity index is 1100. The number of nitrogens with one attached hydrogen (secondary N) is 1. The summed E-state index contributed by atoms with van der Waals surface area (Å²) in [6, 6.07) is 22.9. The van der Waals surface area contributed by atoms with Crippen molar-refractivity contribution in [1.82, 2.24) is 14.8 Å². The molecule has 4 heteroatoms. The number of H-pyrrole nitrogens is 1. The fourth-order valence-electron chi connectivity index (χ4n) is 3.07. The summed E-state index contributed by atoms with van der Waals surface area (Å²) in [5.41, 5.74) is 4.28. The SMILES string of the molecule is c1ccc(-n2nc(-c3cccs3)c3c4ccccc4[nH]c32)cc1. The summed E-state index contributed by atoms with van der Waals surface area (Å²) in [7, 11) is 0. The molecular weight excluding hydrogens is 302 g/mol. The van der Waals surface area contributed by atoms with Crippen LogP contribution in [0.5, 0.6) is 0 Å². The number of hydrogen-bond donors (Lipinski definition) is 1. The van der Waals surface area contributed by atoms with Gasteiger partial charge in [-0.1, -0.05) is 42.5 Å². The van der Waals surface area contributed by atoms with Gasteiger partial charge in [0.25, 0.3) is 0 Å². The highest BCUT2D eigenvalue weighted by molar-refractivity contribution is 7.13. The van der Waals surface area contributed by atoms with Gasteiger partial charge in [-0.15, -0.1) is 11.3 Å². The predicted octanol–water partition coefficient (Wildman–Crippen LogP) is 5.24. The van der Waals surface area contributed by atoms with Gasteiger partial charge in [-0.25, -0.2) is 4.68 Å². The minimum atomic E-state index is 1.04. The van der Waals surface area contributed by atoms with Crippen molar-refractivity contribution in [1.29, 1.82) is 0 Å². The summed E-state index contributed by atoms with van der Waals surface area (Å²) in [6.07, 6.45) is 0. The summed E-state index contributed by atoms with van der Waals surface area (Å²) in [5.74, 6) is 0. The fraction of sp³-hybridized carbons (Fsp3) is 0. The molecule has 2 aromatic carbocycles. The molecule has 0 aliphatic heterocycles. The van der Waals surface area contributed by atoms with E-state index in [0.29, 0.717) is 0 Å². The van der Waals surface area contributed by atoms with Crippen LogP contribution >= 0.6 is 11.3 Å². The Morgan fingerprint density at radius 2 is 1.70 bits per heavy atom. The van der Waals surface area contributed by atoms with Crippen LogP contribution in [0.25, 0.3) is 38.2 Å². The predicted molar refractivity (Wildman–Crippen MR) is 96.2 cm³/mol. The smallest absolute Gasteiger partial charge is 0.142 e. The highest BCUT2D eigenvalue weighted by atomic mass is 32.1. The van der Waals surface area contributed by atoms with Crippen molar-refractivity contribution in [3.05, 3.63) is 72.1 Å². The minimum absolute atomic E-state index is 1.04. The molecule has 0 aliphatic rings. The molecular formula is C19H13N3S. The molecule has 0 aliphatic carbocycles. The quantitative estimate of drug-likeness (QED) is 0.475. The van der Waals surface area contributed by atoms with Crippen LogP contribution in [0, 0.1) is 0 Å². The number of aromatic nitrogens is 3. The van der Waals surface area contributed by atoms with Crippen molar-refractivity contribution in [2.75, 3.05) is 0 Å². The molecule has 1 N–H and O–H groups in total. The van der Waals surface area contributed by atoms with E-state index in [1.165, 1.54) is 15.6 Å². The molecule has 3 heterocycles. The Balaban J connectivity index is 1.93. The zero-order chi connectivity index (χ0) is 15.2. The minimum Gasteiger partial charge on any atom is -0.339 e. The Morgan fingerprint density at radius 1 is 0.870 bits per heavy atom. The van der Waals surface area contributed by atoms with Crippen molar-refractivity contribution in [2.45, 2.75) is 0 Å². The molecule has 0 spiro atoms. The van der Waals surface area contributed by atoms with Gasteiger partial charge in [-0.2, -0.15) is 5.10 Å². The Kier molecular flexibility index (Phi) is 2.66. The summed E-state index contributed by atoms with van der Waals surface area (Å²) in [4.78, 5) is 4.72. The van der Waals surface area contributed by atoms with Gasteiger partial charge in [0, 0.05) is 10.9 Å². The molecule has 0 atom stereocenters. The third-order valence-corrected chi connectivity index (χ3v) is 4.97. The van der Waals surface area contributed by atoms with Crippen LogP contribution in [0.15, 0.2) is 72.1 Å². The van der Waals surface area contributed by atoms with E-state index in [1.807, 2.05) is 22.9 Å². The van der Waals surface area contributed by atoms with Gasteiger partial charge in [0.1, 0.15) is 11.3 Å². The number of hydrogen-bond acceptors (Lipinski definition) is 2. The lowest BCUT2D eigenvalue weighted by atomic mass is 10.1. The monoisotopic (exact) mass is 315 g/mol.